The Balaban J connectivity index is 1.39. The fraction of sp³-hybridized carbons (Fsp3) is 0.208. The van der Waals surface area contributed by atoms with Crippen molar-refractivity contribution in [3.63, 3.8) is 0 Å². The third-order valence-corrected chi connectivity index (χ3v) is 4.97. The smallest absolute Gasteiger partial charge is 0.338 e. The van der Waals surface area contributed by atoms with E-state index in [1.807, 2.05) is 30.3 Å². The van der Waals surface area contributed by atoms with Crippen LogP contribution in [0.1, 0.15) is 26.3 Å². The molecule has 0 saturated carbocycles. The van der Waals surface area contributed by atoms with Gasteiger partial charge < -0.3 is 19.7 Å². The summed E-state index contributed by atoms with van der Waals surface area (Å²) in [6.07, 6.45) is 3.32. The summed E-state index contributed by atoms with van der Waals surface area (Å²) in [6.45, 7) is 2.95. The van der Waals surface area contributed by atoms with E-state index in [0.29, 0.717) is 30.0 Å². The fourth-order valence-corrected chi connectivity index (χ4v) is 3.35. The number of hydrogen-bond acceptors (Lipinski definition) is 6. The monoisotopic (exact) mass is 417 g/mol. The first-order valence-electron chi connectivity index (χ1n) is 10.1. The van der Waals surface area contributed by atoms with Gasteiger partial charge in [-0.2, -0.15) is 0 Å². The van der Waals surface area contributed by atoms with Crippen LogP contribution in [0, 0.1) is 0 Å². The second-order valence-corrected chi connectivity index (χ2v) is 7.09. The number of aromatic nitrogens is 1. The quantitative estimate of drug-likeness (QED) is 0.618. The third kappa shape index (κ3) is 5.26. The molecule has 1 fully saturated rings. The molecule has 1 aliphatic heterocycles. The highest BCUT2D eigenvalue weighted by atomic mass is 16.5. The van der Waals surface area contributed by atoms with Crippen molar-refractivity contribution < 1.29 is 19.1 Å². The fourth-order valence-electron chi connectivity index (χ4n) is 3.35. The summed E-state index contributed by atoms with van der Waals surface area (Å²) in [5, 5.41) is 2.90. The Bertz CT molecular complexity index is 1030. The van der Waals surface area contributed by atoms with Gasteiger partial charge in [0.1, 0.15) is 6.61 Å². The van der Waals surface area contributed by atoms with Crippen molar-refractivity contribution in [2.45, 2.75) is 6.61 Å². The lowest BCUT2D eigenvalue weighted by atomic mass is 10.1. The van der Waals surface area contributed by atoms with Crippen LogP contribution in [0.15, 0.2) is 73.1 Å². The number of hydrogen-bond donors (Lipinski definition) is 1. The van der Waals surface area contributed by atoms with Crippen molar-refractivity contribution in [1.29, 1.82) is 0 Å². The molecule has 0 spiro atoms. The highest BCUT2D eigenvalue weighted by Gasteiger charge is 2.18. The Morgan fingerprint density at radius 2 is 1.77 bits per heavy atom. The molecule has 0 aliphatic carbocycles. The van der Waals surface area contributed by atoms with E-state index in [9.17, 15) is 9.59 Å². The van der Waals surface area contributed by atoms with Gasteiger partial charge in [-0.05, 0) is 42.5 Å². The highest BCUT2D eigenvalue weighted by molar-refractivity contribution is 6.08. The van der Waals surface area contributed by atoms with Crippen LogP contribution in [0.3, 0.4) is 0 Å². The number of carbonyl (C=O) groups is 2. The summed E-state index contributed by atoms with van der Waals surface area (Å²) < 4.78 is 10.7. The molecule has 2 heterocycles. The average molecular weight is 417 g/mol. The zero-order valence-electron chi connectivity index (χ0n) is 17.0. The van der Waals surface area contributed by atoms with Crippen LogP contribution in [-0.2, 0) is 16.1 Å². The highest BCUT2D eigenvalue weighted by Crippen LogP contribution is 2.23. The predicted molar refractivity (Wildman–Crippen MR) is 117 cm³/mol. The van der Waals surface area contributed by atoms with Crippen LogP contribution in [0.5, 0.6) is 0 Å². The summed E-state index contributed by atoms with van der Waals surface area (Å²) in [4.78, 5) is 31.3. The second kappa shape index (κ2) is 9.86. The number of nitrogens with one attached hydrogen (secondary N) is 1. The topological polar surface area (TPSA) is 80.8 Å². The summed E-state index contributed by atoms with van der Waals surface area (Å²) in [5.41, 5.74) is 3.32. The van der Waals surface area contributed by atoms with Gasteiger partial charge in [0.05, 0.1) is 24.3 Å². The molecular weight excluding hydrogens is 394 g/mol. The minimum absolute atomic E-state index is 0.156. The molecule has 1 amide bonds. The van der Waals surface area contributed by atoms with E-state index in [2.05, 4.69) is 15.2 Å². The number of anilines is 2. The van der Waals surface area contributed by atoms with Gasteiger partial charge in [0, 0.05) is 42.4 Å². The van der Waals surface area contributed by atoms with Crippen LogP contribution in [0.4, 0.5) is 11.4 Å². The minimum atomic E-state index is -0.431. The number of amides is 1. The number of nitrogens with zero attached hydrogens (tertiary/aromatic N) is 2. The van der Waals surface area contributed by atoms with E-state index in [-0.39, 0.29) is 12.5 Å². The summed E-state index contributed by atoms with van der Waals surface area (Å²) in [6, 6.07) is 17.8. The Morgan fingerprint density at radius 3 is 2.52 bits per heavy atom. The number of rotatable bonds is 6. The summed E-state index contributed by atoms with van der Waals surface area (Å²) >= 11 is 0. The molecule has 0 bridgehead atoms. The molecule has 7 nitrogen and oxygen atoms in total. The first-order valence-corrected chi connectivity index (χ1v) is 10.1. The minimum Gasteiger partial charge on any atom is -0.457 e. The molecule has 7 heteroatoms. The van der Waals surface area contributed by atoms with Crippen molar-refractivity contribution in [2.24, 2.45) is 0 Å². The average Bonchev–Trinajstić information content (AvgIpc) is 2.84. The van der Waals surface area contributed by atoms with E-state index in [4.69, 9.17) is 9.47 Å². The number of morpholine rings is 1. The lowest BCUT2D eigenvalue weighted by Crippen LogP contribution is -2.37. The maximum atomic E-state index is 12.9. The number of ether oxygens (including phenoxy) is 2. The van der Waals surface area contributed by atoms with Crippen LogP contribution in [0.25, 0.3) is 0 Å². The molecule has 1 N–H and O–H groups in total. The number of pyridine rings is 1. The van der Waals surface area contributed by atoms with Crippen molar-refractivity contribution in [2.75, 3.05) is 36.5 Å². The number of carbonyl (C=O) groups excluding carboxylic acids is 2. The maximum Gasteiger partial charge on any atom is 0.338 e. The standard InChI is InChI=1S/C24H23N3O4/c28-23(21-5-1-2-6-22(21)27-12-14-30-15-13-27)26-20-9-7-19(8-10-20)24(29)31-17-18-4-3-11-25-16-18/h1-11,16H,12-15,17H2,(H,26,28). The van der Waals surface area contributed by atoms with E-state index < -0.39 is 5.97 Å². The molecule has 0 atom stereocenters. The SMILES string of the molecule is O=C(OCc1cccnc1)c1ccc(NC(=O)c2ccccc2N2CCOCC2)cc1. The molecule has 1 aliphatic rings. The number of benzene rings is 2. The molecular formula is C24H23N3O4. The van der Waals surface area contributed by atoms with E-state index >= 15 is 0 Å². The van der Waals surface area contributed by atoms with Crippen LogP contribution in [0.2, 0.25) is 0 Å². The lowest BCUT2D eigenvalue weighted by molar-refractivity contribution is 0.0472. The first-order chi connectivity index (χ1) is 15.2. The Morgan fingerprint density at radius 1 is 1.00 bits per heavy atom. The van der Waals surface area contributed by atoms with Gasteiger partial charge in [0.2, 0.25) is 0 Å². The lowest BCUT2D eigenvalue weighted by Gasteiger charge is -2.30. The van der Waals surface area contributed by atoms with Gasteiger partial charge in [-0.1, -0.05) is 18.2 Å². The van der Waals surface area contributed by atoms with Crippen molar-refractivity contribution in [3.05, 3.63) is 89.7 Å². The molecule has 1 aromatic heterocycles. The second-order valence-electron chi connectivity index (χ2n) is 7.09. The zero-order valence-corrected chi connectivity index (χ0v) is 17.0. The van der Waals surface area contributed by atoms with Gasteiger partial charge in [-0.25, -0.2) is 4.79 Å². The van der Waals surface area contributed by atoms with Crippen molar-refractivity contribution >= 4 is 23.3 Å². The summed E-state index contributed by atoms with van der Waals surface area (Å²) in [5.74, 6) is -0.631. The molecule has 2 aromatic carbocycles. The van der Waals surface area contributed by atoms with Gasteiger partial charge in [-0.3, -0.25) is 9.78 Å². The van der Waals surface area contributed by atoms with Gasteiger partial charge in [0.25, 0.3) is 5.91 Å². The van der Waals surface area contributed by atoms with Gasteiger partial charge in [-0.15, -0.1) is 0 Å². The molecule has 31 heavy (non-hydrogen) atoms. The molecule has 1 saturated heterocycles. The Hall–Kier alpha value is -3.71. The molecule has 0 radical (unpaired) electrons. The largest absolute Gasteiger partial charge is 0.457 e. The number of esters is 1. The van der Waals surface area contributed by atoms with Crippen LogP contribution < -0.4 is 10.2 Å². The maximum absolute atomic E-state index is 12.9. The zero-order chi connectivity index (χ0) is 21.5. The molecule has 0 unspecified atom stereocenters. The Labute approximate surface area is 180 Å². The predicted octanol–water partition coefficient (Wildman–Crippen LogP) is 3.53. The third-order valence-electron chi connectivity index (χ3n) is 4.97. The van der Waals surface area contributed by atoms with E-state index in [1.54, 1.807) is 42.7 Å². The summed E-state index contributed by atoms with van der Waals surface area (Å²) in [7, 11) is 0. The molecule has 4 rings (SSSR count). The van der Waals surface area contributed by atoms with E-state index in [0.717, 1.165) is 24.3 Å². The molecule has 3 aromatic rings. The van der Waals surface area contributed by atoms with E-state index in [1.165, 1.54) is 0 Å². The van der Waals surface area contributed by atoms with Gasteiger partial charge in [0.15, 0.2) is 0 Å². The first kappa shape index (κ1) is 20.6. The van der Waals surface area contributed by atoms with Crippen molar-refractivity contribution in [1.82, 2.24) is 4.98 Å². The van der Waals surface area contributed by atoms with Gasteiger partial charge >= 0.3 is 5.97 Å². The van der Waals surface area contributed by atoms with Crippen molar-refractivity contribution in [3.8, 4) is 0 Å². The normalized spacial score (nSPS) is 13.5. The molecule has 158 valence electrons. The number of para-hydroxylation sites is 1. The Kier molecular flexibility index (Phi) is 6.54. The van der Waals surface area contributed by atoms with Crippen LogP contribution in [-0.4, -0.2) is 43.2 Å². The van der Waals surface area contributed by atoms with Crippen LogP contribution >= 0.6 is 0 Å².